The first-order valence-corrected chi connectivity index (χ1v) is 10.8. The monoisotopic (exact) mass is 419 g/mol. The number of hydrogen-bond acceptors (Lipinski definition) is 5. The Labute approximate surface area is 182 Å². The molecule has 2 aromatic heterocycles. The zero-order chi connectivity index (χ0) is 22.3. The summed E-state index contributed by atoms with van der Waals surface area (Å²) in [4.78, 5) is 35.4. The quantitative estimate of drug-likeness (QED) is 0.778. The number of allylic oxidation sites excluding steroid dienone is 1. The Balaban J connectivity index is 1.81. The van der Waals surface area contributed by atoms with Crippen LogP contribution >= 0.6 is 0 Å². The number of amides is 1. The number of aryl methyl sites for hydroxylation is 1. The van der Waals surface area contributed by atoms with Crippen LogP contribution in [0.5, 0.6) is 0 Å². The largest absolute Gasteiger partial charge is 0.349 e. The molecule has 3 heterocycles. The predicted molar refractivity (Wildman–Crippen MR) is 121 cm³/mol. The van der Waals surface area contributed by atoms with Gasteiger partial charge in [-0.2, -0.15) is 5.10 Å². The van der Waals surface area contributed by atoms with Crippen LogP contribution in [0.1, 0.15) is 73.9 Å². The van der Waals surface area contributed by atoms with Crippen LogP contribution in [0.3, 0.4) is 0 Å². The minimum atomic E-state index is -0.384. The van der Waals surface area contributed by atoms with Crippen molar-refractivity contribution in [2.45, 2.75) is 59.4 Å². The van der Waals surface area contributed by atoms with Gasteiger partial charge in [-0.05, 0) is 50.8 Å². The summed E-state index contributed by atoms with van der Waals surface area (Å²) >= 11 is 0. The van der Waals surface area contributed by atoms with Crippen molar-refractivity contribution in [3.8, 4) is 0 Å². The summed E-state index contributed by atoms with van der Waals surface area (Å²) in [6.45, 7) is 9.94. The summed E-state index contributed by atoms with van der Waals surface area (Å²) in [5.74, 6) is -0.288. The predicted octanol–water partition coefficient (Wildman–Crippen LogP) is 4.14. The fraction of sp³-hybridized carbons (Fsp3) is 0.458. The average Bonchev–Trinajstić information content (AvgIpc) is 3.07. The molecule has 0 radical (unpaired) electrons. The van der Waals surface area contributed by atoms with Crippen molar-refractivity contribution in [1.29, 1.82) is 0 Å². The Bertz CT molecular complexity index is 1090. The van der Waals surface area contributed by atoms with Crippen LogP contribution in [-0.4, -0.2) is 38.6 Å². The minimum absolute atomic E-state index is 0.0169. The summed E-state index contributed by atoms with van der Waals surface area (Å²) in [5, 5.41) is 10.1. The Hall–Kier alpha value is -3.09. The second-order valence-electron chi connectivity index (χ2n) is 9.62. The third-order valence-corrected chi connectivity index (χ3v) is 5.78. The molecule has 0 bridgehead atoms. The molecular formula is C24H29N5O2. The lowest BCUT2D eigenvalue weighted by Crippen LogP contribution is -2.42. The fourth-order valence-electron chi connectivity index (χ4n) is 4.57. The van der Waals surface area contributed by atoms with E-state index in [1.807, 2.05) is 51.1 Å². The number of fused-ring (bicyclic) bond motifs is 2. The number of carbonyl (C=O) groups is 2. The second-order valence-corrected chi connectivity index (χ2v) is 9.62. The molecule has 1 aliphatic carbocycles. The number of aromatic amines is 1. The number of H-pyrrole nitrogens is 1. The van der Waals surface area contributed by atoms with Crippen LogP contribution in [0.15, 0.2) is 29.3 Å². The van der Waals surface area contributed by atoms with Gasteiger partial charge in [-0.25, -0.2) is 4.99 Å². The molecule has 31 heavy (non-hydrogen) atoms. The number of pyridine rings is 1. The maximum atomic E-state index is 13.2. The Kier molecular flexibility index (Phi) is 5.37. The zero-order valence-electron chi connectivity index (χ0n) is 18.7. The number of nitrogens with zero attached hydrogens (tertiary/aromatic N) is 3. The van der Waals surface area contributed by atoms with E-state index < -0.39 is 0 Å². The number of rotatable bonds is 4. The van der Waals surface area contributed by atoms with Crippen molar-refractivity contribution >= 4 is 29.3 Å². The van der Waals surface area contributed by atoms with Crippen LogP contribution in [-0.2, 0) is 4.79 Å². The Morgan fingerprint density at radius 1 is 1.29 bits per heavy atom. The minimum Gasteiger partial charge on any atom is -0.349 e. The van der Waals surface area contributed by atoms with Crippen LogP contribution in [0.2, 0.25) is 0 Å². The van der Waals surface area contributed by atoms with Crippen molar-refractivity contribution < 1.29 is 9.59 Å². The first-order chi connectivity index (χ1) is 14.6. The molecule has 1 aliphatic heterocycles. The van der Waals surface area contributed by atoms with Crippen molar-refractivity contribution in [3.63, 3.8) is 0 Å². The van der Waals surface area contributed by atoms with Crippen molar-refractivity contribution in [1.82, 2.24) is 20.5 Å². The molecule has 0 spiro atoms. The van der Waals surface area contributed by atoms with Crippen LogP contribution in [0, 0.1) is 18.3 Å². The number of ketones is 1. The van der Waals surface area contributed by atoms with Gasteiger partial charge in [-0.15, -0.1) is 0 Å². The Morgan fingerprint density at radius 3 is 2.77 bits per heavy atom. The van der Waals surface area contributed by atoms with Gasteiger partial charge in [-0.3, -0.25) is 19.7 Å². The zero-order valence-corrected chi connectivity index (χ0v) is 18.7. The summed E-state index contributed by atoms with van der Waals surface area (Å²) in [5.41, 5.74) is 3.50. The summed E-state index contributed by atoms with van der Waals surface area (Å²) in [6.07, 6.45) is 5.13. The third-order valence-electron chi connectivity index (χ3n) is 5.78. The molecule has 2 atom stereocenters. The molecule has 2 unspecified atom stereocenters. The molecule has 7 nitrogen and oxygen atoms in total. The normalized spacial score (nSPS) is 22.3. The molecule has 1 saturated carbocycles. The number of aliphatic imine (C=N–C) groups is 1. The van der Waals surface area contributed by atoms with E-state index in [0.717, 1.165) is 23.5 Å². The topological polar surface area (TPSA) is 100 Å². The summed E-state index contributed by atoms with van der Waals surface area (Å²) in [6, 6.07) is 5.81. The van der Waals surface area contributed by atoms with Gasteiger partial charge < -0.3 is 5.32 Å². The van der Waals surface area contributed by atoms with Gasteiger partial charge in [0.2, 0.25) is 0 Å². The van der Waals surface area contributed by atoms with Gasteiger partial charge in [0.05, 0.1) is 11.6 Å². The van der Waals surface area contributed by atoms with E-state index in [1.165, 1.54) is 0 Å². The van der Waals surface area contributed by atoms with Gasteiger partial charge >= 0.3 is 0 Å². The van der Waals surface area contributed by atoms with Crippen LogP contribution in [0.4, 0.5) is 5.82 Å². The lowest BCUT2D eigenvalue weighted by molar-refractivity contribution is -0.124. The van der Waals surface area contributed by atoms with Crippen molar-refractivity contribution in [3.05, 3.63) is 46.9 Å². The molecule has 2 aromatic rings. The average molecular weight is 420 g/mol. The lowest BCUT2D eigenvalue weighted by Gasteiger charge is -2.39. The molecule has 1 fully saturated rings. The number of aromatic nitrogens is 3. The molecule has 1 amide bonds. The van der Waals surface area contributed by atoms with E-state index in [2.05, 4.69) is 34.3 Å². The van der Waals surface area contributed by atoms with E-state index in [4.69, 9.17) is 4.99 Å². The van der Waals surface area contributed by atoms with E-state index in [0.29, 0.717) is 23.5 Å². The van der Waals surface area contributed by atoms with E-state index in [1.54, 1.807) is 0 Å². The second kappa shape index (κ2) is 7.87. The third kappa shape index (κ3) is 4.22. The molecule has 2 N–H and O–H groups in total. The first-order valence-electron chi connectivity index (χ1n) is 10.8. The van der Waals surface area contributed by atoms with Crippen molar-refractivity contribution in [2.24, 2.45) is 16.3 Å². The highest BCUT2D eigenvalue weighted by atomic mass is 16.2. The smallest absolute Gasteiger partial charge is 0.269 e. The first kappa shape index (κ1) is 21.2. The van der Waals surface area contributed by atoms with Gasteiger partial charge in [0.15, 0.2) is 5.82 Å². The number of hydrogen-bond donors (Lipinski definition) is 2. The summed E-state index contributed by atoms with van der Waals surface area (Å²) < 4.78 is 0. The van der Waals surface area contributed by atoms with Crippen molar-refractivity contribution in [2.75, 3.05) is 0 Å². The number of carbonyl (C=O) groups excluding carboxylic acids is 2. The van der Waals surface area contributed by atoms with Gasteiger partial charge in [0.1, 0.15) is 11.5 Å². The maximum absolute atomic E-state index is 13.2. The number of nitrogens with one attached hydrogen (secondary N) is 2. The van der Waals surface area contributed by atoms with Crippen LogP contribution in [0.25, 0.3) is 6.08 Å². The lowest BCUT2D eigenvalue weighted by atomic mass is 9.65. The van der Waals surface area contributed by atoms with E-state index >= 15 is 0 Å². The highest BCUT2D eigenvalue weighted by Crippen LogP contribution is 2.47. The SMILES string of the molecule is Cc1cccc(/C=C/C2c3c(n[nH]c3C(=O)NC(C)C)N=C3CC(C)(C)CC(=O)C32)n1. The molecule has 7 heteroatoms. The van der Waals surface area contributed by atoms with E-state index in [-0.39, 0.29) is 35.0 Å². The van der Waals surface area contributed by atoms with Gasteiger partial charge in [0, 0.05) is 35.3 Å². The Morgan fingerprint density at radius 2 is 2.06 bits per heavy atom. The molecule has 162 valence electrons. The maximum Gasteiger partial charge on any atom is 0.269 e. The van der Waals surface area contributed by atoms with Gasteiger partial charge in [0.25, 0.3) is 5.91 Å². The van der Waals surface area contributed by atoms with Crippen LogP contribution < -0.4 is 5.32 Å². The molecular weight excluding hydrogens is 390 g/mol. The van der Waals surface area contributed by atoms with E-state index in [9.17, 15) is 9.59 Å². The molecule has 0 aromatic carbocycles. The molecule has 4 rings (SSSR count). The van der Waals surface area contributed by atoms with Gasteiger partial charge in [-0.1, -0.05) is 26.0 Å². The highest BCUT2D eigenvalue weighted by molar-refractivity contribution is 6.11. The molecule has 2 aliphatic rings. The standard InChI is InChI=1S/C24H29N5O2/c1-13(2)25-23(31)21-20-16(10-9-15-8-6-7-14(3)26-15)19-17(27-22(20)29-28-21)11-24(4,5)12-18(19)30/h6-10,13,16,19H,11-12H2,1-5H3,(H,25,31)(H,28,29)/b10-9+. The number of Topliss-reactive ketones (excluding diaryl/α,β-unsaturated/α-hetero) is 1. The fourth-order valence-corrected chi connectivity index (χ4v) is 4.57. The molecule has 0 saturated heterocycles. The summed E-state index contributed by atoms with van der Waals surface area (Å²) in [7, 11) is 0. The highest BCUT2D eigenvalue weighted by Gasteiger charge is 2.46.